The van der Waals surface area contributed by atoms with E-state index < -0.39 is 11.2 Å². The molecule has 1 heterocycles. The van der Waals surface area contributed by atoms with Gasteiger partial charge in [0.1, 0.15) is 16.7 Å². The normalized spacial score (nSPS) is 16.7. The molecule has 1 saturated heterocycles. The quantitative estimate of drug-likeness (QED) is 0.346. The highest BCUT2D eigenvalue weighted by Crippen LogP contribution is 2.42. The molecule has 1 aliphatic rings. The molecular weight excluding hydrogens is 478 g/mol. The number of benzene rings is 3. The lowest BCUT2D eigenvalue weighted by atomic mass is 10.1. The summed E-state index contributed by atoms with van der Waals surface area (Å²) < 4.78 is 0. The number of amides is 2. The first-order valence-corrected chi connectivity index (χ1v) is 12.5. The molecule has 1 fully saturated rings. The molecule has 7 heteroatoms. The number of rotatable bonds is 7. The van der Waals surface area contributed by atoms with E-state index in [9.17, 15) is 14.9 Å². The van der Waals surface area contributed by atoms with Crippen molar-refractivity contribution in [2.45, 2.75) is 25.0 Å². The van der Waals surface area contributed by atoms with Crippen LogP contribution in [0.15, 0.2) is 89.5 Å². The Morgan fingerprint density at radius 1 is 1.03 bits per heavy atom. The van der Waals surface area contributed by atoms with Gasteiger partial charge in [0.05, 0.1) is 5.25 Å². The molecule has 1 N–H and O–H groups in total. The predicted octanol–water partition coefficient (Wildman–Crippen LogP) is 5.43. The third-order valence-corrected chi connectivity index (χ3v) is 7.19. The van der Waals surface area contributed by atoms with Crippen LogP contribution in [0, 0.1) is 18.3 Å². The van der Waals surface area contributed by atoms with Gasteiger partial charge in [-0.05, 0) is 55.2 Å². The van der Waals surface area contributed by atoms with Crippen molar-refractivity contribution in [3.05, 3.63) is 111 Å². The molecule has 5 nitrogen and oxygen atoms in total. The van der Waals surface area contributed by atoms with Crippen LogP contribution in [0.3, 0.4) is 0 Å². The highest BCUT2D eigenvalue weighted by molar-refractivity contribution is 8.05. The molecule has 1 aliphatic heterocycles. The van der Waals surface area contributed by atoms with Crippen molar-refractivity contribution >= 4 is 40.9 Å². The lowest BCUT2D eigenvalue weighted by Crippen LogP contribution is -2.32. The standard InChI is InChI=1S/C28H24ClN3O2S/c1-19-7-13-23(14-8-19)32-27(34)25(17-21-9-11-22(29)12-10-21)35-28(32)24(18-30)26(33)31-16-15-20-5-3-2-4-6-20/h2-14,25H,15-17H2,1H3,(H,31,33)/b28-24+/t25-/m0/s1. The molecule has 0 aromatic heterocycles. The van der Waals surface area contributed by atoms with Crippen LogP contribution in [0.1, 0.15) is 16.7 Å². The van der Waals surface area contributed by atoms with Gasteiger partial charge in [0.25, 0.3) is 5.91 Å². The van der Waals surface area contributed by atoms with Crippen molar-refractivity contribution < 1.29 is 9.59 Å². The van der Waals surface area contributed by atoms with E-state index >= 15 is 0 Å². The number of halogens is 1. The Hall–Kier alpha value is -3.53. The summed E-state index contributed by atoms with van der Waals surface area (Å²) >= 11 is 7.26. The average molecular weight is 502 g/mol. The maximum atomic E-state index is 13.5. The molecule has 3 aromatic carbocycles. The molecule has 0 unspecified atom stereocenters. The van der Waals surface area contributed by atoms with Gasteiger partial charge < -0.3 is 5.32 Å². The number of aryl methyl sites for hydroxylation is 1. The molecule has 2 amide bonds. The topological polar surface area (TPSA) is 73.2 Å². The Labute approximate surface area is 214 Å². The number of nitrogens with one attached hydrogen (secondary N) is 1. The van der Waals surface area contributed by atoms with Crippen LogP contribution in [0.2, 0.25) is 5.02 Å². The molecule has 4 rings (SSSR count). The van der Waals surface area contributed by atoms with Crippen molar-refractivity contribution in [3.63, 3.8) is 0 Å². The van der Waals surface area contributed by atoms with E-state index in [4.69, 9.17) is 11.6 Å². The number of hydrogen-bond acceptors (Lipinski definition) is 4. The summed E-state index contributed by atoms with van der Waals surface area (Å²) in [7, 11) is 0. The number of hydrogen-bond donors (Lipinski definition) is 1. The van der Waals surface area contributed by atoms with Crippen molar-refractivity contribution in [1.29, 1.82) is 5.26 Å². The molecule has 0 aliphatic carbocycles. The largest absolute Gasteiger partial charge is 0.351 e. The molecule has 1 atom stereocenters. The second kappa shape index (κ2) is 11.3. The van der Waals surface area contributed by atoms with E-state index in [1.54, 1.807) is 12.1 Å². The molecule has 35 heavy (non-hydrogen) atoms. The first-order valence-electron chi connectivity index (χ1n) is 11.2. The molecule has 0 spiro atoms. The molecule has 176 valence electrons. The van der Waals surface area contributed by atoms with Gasteiger partial charge >= 0.3 is 0 Å². The van der Waals surface area contributed by atoms with E-state index in [0.29, 0.717) is 35.1 Å². The first-order chi connectivity index (χ1) is 17.0. The summed E-state index contributed by atoms with van der Waals surface area (Å²) in [6.07, 6.45) is 1.11. The lowest BCUT2D eigenvalue weighted by Gasteiger charge is -2.19. The van der Waals surface area contributed by atoms with E-state index in [1.807, 2.05) is 73.7 Å². The minimum atomic E-state index is -0.483. The minimum absolute atomic E-state index is 0.0596. The highest BCUT2D eigenvalue weighted by atomic mass is 35.5. The van der Waals surface area contributed by atoms with Crippen molar-refractivity contribution in [2.24, 2.45) is 0 Å². The fourth-order valence-corrected chi connectivity index (χ4v) is 5.24. The van der Waals surface area contributed by atoms with E-state index in [-0.39, 0.29) is 11.5 Å². The van der Waals surface area contributed by atoms with Gasteiger partial charge in [-0.1, -0.05) is 83.5 Å². The zero-order chi connectivity index (χ0) is 24.8. The van der Waals surface area contributed by atoms with Crippen LogP contribution >= 0.6 is 23.4 Å². The van der Waals surface area contributed by atoms with Crippen molar-refractivity contribution in [1.82, 2.24) is 5.32 Å². The summed E-state index contributed by atoms with van der Waals surface area (Å²) in [5.74, 6) is -0.642. The fraction of sp³-hybridized carbons (Fsp3) is 0.179. The third kappa shape index (κ3) is 5.94. The second-order valence-electron chi connectivity index (χ2n) is 8.23. The van der Waals surface area contributed by atoms with Gasteiger partial charge in [0.15, 0.2) is 0 Å². The molecular formula is C28H24ClN3O2S. The van der Waals surface area contributed by atoms with Gasteiger partial charge in [-0.15, -0.1) is 0 Å². The minimum Gasteiger partial charge on any atom is -0.351 e. The van der Waals surface area contributed by atoms with Gasteiger partial charge in [-0.2, -0.15) is 5.26 Å². The number of nitrogens with zero attached hydrogens (tertiary/aromatic N) is 2. The number of carbonyl (C=O) groups is 2. The van der Waals surface area contributed by atoms with Crippen LogP contribution in [0.25, 0.3) is 0 Å². The van der Waals surface area contributed by atoms with Crippen LogP contribution in [-0.2, 0) is 22.4 Å². The van der Waals surface area contributed by atoms with Crippen LogP contribution < -0.4 is 10.2 Å². The second-order valence-corrected chi connectivity index (χ2v) is 9.86. The van der Waals surface area contributed by atoms with Crippen LogP contribution in [-0.4, -0.2) is 23.6 Å². The van der Waals surface area contributed by atoms with Gasteiger partial charge in [-0.3, -0.25) is 14.5 Å². The van der Waals surface area contributed by atoms with Gasteiger partial charge in [0.2, 0.25) is 5.91 Å². The maximum Gasteiger partial charge on any atom is 0.264 e. The van der Waals surface area contributed by atoms with Crippen LogP contribution in [0.5, 0.6) is 0 Å². The number of carbonyl (C=O) groups excluding carboxylic acids is 2. The zero-order valence-corrected chi connectivity index (χ0v) is 20.8. The predicted molar refractivity (Wildman–Crippen MR) is 141 cm³/mol. The number of thioether (sulfide) groups is 1. The molecule has 3 aromatic rings. The zero-order valence-electron chi connectivity index (χ0n) is 19.2. The van der Waals surface area contributed by atoms with Gasteiger partial charge in [0, 0.05) is 17.3 Å². The summed E-state index contributed by atoms with van der Waals surface area (Å²) in [4.78, 5) is 28.1. The Balaban J connectivity index is 1.61. The molecule has 0 radical (unpaired) electrons. The third-order valence-electron chi connectivity index (χ3n) is 5.67. The van der Waals surface area contributed by atoms with E-state index in [2.05, 4.69) is 11.4 Å². The summed E-state index contributed by atoms with van der Waals surface area (Å²) in [5.41, 5.74) is 3.67. The smallest absolute Gasteiger partial charge is 0.264 e. The summed E-state index contributed by atoms with van der Waals surface area (Å²) in [6.45, 7) is 2.35. The lowest BCUT2D eigenvalue weighted by molar-refractivity contribution is -0.117. The summed E-state index contributed by atoms with van der Waals surface area (Å²) in [5, 5.41) is 13.3. The molecule has 0 saturated carbocycles. The van der Waals surface area contributed by atoms with Crippen molar-refractivity contribution in [3.8, 4) is 6.07 Å². The van der Waals surface area contributed by atoms with Crippen LogP contribution in [0.4, 0.5) is 5.69 Å². The fourth-order valence-electron chi connectivity index (χ4n) is 3.80. The summed E-state index contributed by atoms with van der Waals surface area (Å²) in [6, 6.07) is 26.7. The monoisotopic (exact) mass is 501 g/mol. The maximum absolute atomic E-state index is 13.5. The first kappa shape index (κ1) is 24.6. The van der Waals surface area contributed by atoms with E-state index in [0.717, 1.165) is 16.7 Å². The van der Waals surface area contributed by atoms with Gasteiger partial charge in [-0.25, -0.2) is 0 Å². The van der Waals surface area contributed by atoms with E-state index in [1.165, 1.54) is 16.7 Å². The average Bonchev–Trinajstić information content (AvgIpc) is 3.17. The Morgan fingerprint density at radius 3 is 2.37 bits per heavy atom. The Morgan fingerprint density at radius 2 is 1.71 bits per heavy atom. The molecule has 0 bridgehead atoms. The Kier molecular flexibility index (Phi) is 7.91. The SMILES string of the molecule is Cc1ccc(N2C(=O)[C@H](Cc3ccc(Cl)cc3)S/C2=C(\C#N)C(=O)NCCc2ccccc2)cc1. The Bertz CT molecular complexity index is 1280. The highest BCUT2D eigenvalue weighted by Gasteiger charge is 2.40. The number of anilines is 1. The number of nitriles is 1. The van der Waals surface area contributed by atoms with Crippen molar-refractivity contribution in [2.75, 3.05) is 11.4 Å².